The summed E-state index contributed by atoms with van der Waals surface area (Å²) in [5.41, 5.74) is 0.333. The first-order valence-electron chi connectivity index (χ1n) is 9.34. The van der Waals surface area contributed by atoms with Gasteiger partial charge in [-0.3, -0.25) is 9.69 Å². The number of nitrogens with zero attached hydrogens (tertiary/aromatic N) is 2. The Kier molecular flexibility index (Phi) is 4.41. The van der Waals surface area contributed by atoms with Crippen LogP contribution in [-0.4, -0.2) is 53.4 Å². The topological polar surface area (TPSA) is 55.8 Å². The van der Waals surface area contributed by atoms with Gasteiger partial charge in [0.05, 0.1) is 12.8 Å². The smallest absolute Gasteiger partial charge is 0.247 e. The summed E-state index contributed by atoms with van der Waals surface area (Å²) in [7, 11) is 0. The third-order valence-corrected chi connectivity index (χ3v) is 6.26. The van der Waals surface area contributed by atoms with Crippen molar-refractivity contribution in [2.24, 2.45) is 0 Å². The molecular weight excluding hydrogens is 321 g/mol. The van der Waals surface area contributed by atoms with Gasteiger partial charge in [0.15, 0.2) is 0 Å². The summed E-state index contributed by atoms with van der Waals surface area (Å²) in [6, 6.07) is 6.61. The van der Waals surface area contributed by atoms with Gasteiger partial charge in [-0.2, -0.15) is 0 Å². The zero-order valence-electron chi connectivity index (χ0n) is 14.5. The molecule has 0 aromatic heterocycles. The number of anilines is 1. The van der Waals surface area contributed by atoms with Gasteiger partial charge in [-0.15, -0.1) is 0 Å². The average molecular weight is 347 g/mol. The van der Waals surface area contributed by atoms with E-state index in [-0.39, 0.29) is 23.9 Å². The number of aliphatic hydroxyl groups excluding tert-OH is 1. The number of carbonyl (C=O) groups excluding carboxylic acids is 1. The maximum atomic E-state index is 13.2. The van der Waals surface area contributed by atoms with Crippen LogP contribution in [0, 0.1) is 5.82 Å². The molecule has 1 saturated carbocycles. The minimum absolute atomic E-state index is 0.0701. The maximum absolute atomic E-state index is 13.2. The number of halogens is 1. The second-order valence-corrected chi connectivity index (χ2v) is 7.56. The fraction of sp³-hybridized carbons (Fsp3) is 0.632. The number of hydrogen-bond donors (Lipinski definition) is 2. The van der Waals surface area contributed by atoms with Crippen molar-refractivity contribution in [3.8, 4) is 0 Å². The quantitative estimate of drug-likeness (QED) is 0.857. The van der Waals surface area contributed by atoms with Crippen LogP contribution in [0.2, 0.25) is 0 Å². The molecule has 2 N–H and O–H groups in total. The van der Waals surface area contributed by atoms with E-state index in [0.29, 0.717) is 6.67 Å². The molecule has 6 heteroatoms. The van der Waals surface area contributed by atoms with Crippen molar-refractivity contribution >= 4 is 11.6 Å². The first-order valence-corrected chi connectivity index (χ1v) is 9.34. The second-order valence-electron chi connectivity index (χ2n) is 7.56. The highest BCUT2D eigenvalue weighted by Gasteiger charge is 2.51. The summed E-state index contributed by atoms with van der Waals surface area (Å²) in [4.78, 5) is 17.1. The molecule has 2 atom stereocenters. The van der Waals surface area contributed by atoms with Crippen molar-refractivity contribution in [2.75, 3.05) is 24.7 Å². The summed E-state index contributed by atoms with van der Waals surface area (Å²) >= 11 is 0. The number of aliphatic hydroxyl groups is 1. The molecule has 2 saturated heterocycles. The molecule has 1 aliphatic carbocycles. The predicted octanol–water partition coefficient (Wildman–Crippen LogP) is 1.86. The Hall–Kier alpha value is -1.66. The SMILES string of the molecule is O=C1NCN(c2ccc(F)cc2)C12CCN([C@H]1CCCC[C@@H]1O)CC2. The average Bonchev–Trinajstić information content (AvgIpc) is 2.94. The minimum Gasteiger partial charge on any atom is -0.391 e. The first kappa shape index (κ1) is 16.8. The molecule has 0 radical (unpaired) electrons. The van der Waals surface area contributed by atoms with E-state index in [9.17, 15) is 14.3 Å². The Morgan fingerprint density at radius 3 is 2.48 bits per heavy atom. The summed E-state index contributed by atoms with van der Waals surface area (Å²) in [6.07, 6.45) is 5.44. The van der Waals surface area contributed by atoms with E-state index in [0.717, 1.165) is 50.9 Å². The molecule has 3 aliphatic rings. The lowest BCUT2D eigenvalue weighted by molar-refractivity contribution is -0.125. The molecule has 1 aromatic carbocycles. The highest BCUT2D eigenvalue weighted by Crippen LogP contribution is 2.38. The van der Waals surface area contributed by atoms with Gasteiger partial charge in [0.1, 0.15) is 11.4 Å². The zero-order valence-corrected chi connectivity index (χ0v) is 14.5. The van der Waals surface area contributed by atoms with Crippen LogP contribution in [0.3, 0.4) is 0 Å². The van der Waals surface area contributed by atoms with E-state index in [2.05, 4.69) is 15.1 Å². The molecule has 1 spiro atoms. The Morgan fingerprint density at radius 1 is 1.12 bits per heavy atom. The molecule has 0 unspecified atom stereocenters. The summed E-state index contributed by atoms with van der Waals surface area (Å²) in [5, 5.41) is 13.3. The van der Waals surface area contributed by atoms with Gasteiger partial charge < -0.3 is 15.3 Å². The van der Waals surface area contributed by atoms with E-state index in [1.807, 2.05) is 0 Å². The van der Waals surface area contributed by atoms with Gasteiger partial charge in [0, 0.05) is 24.8 Å². The second kappa shape index (κ2) is 6.57. The minimum atomic E-state index is -0.548. The van der Waals surface area contributed by atoms with Crippen molar-refractivity contribution in [3.63, 3.8) is 0 Å². The summed E-state index contributed by atoms with van der Waals surface area (Å²) in [5.74, 6) is -0.196. The monoisotopic (exact) mass is 347 g/mol. The zero-order chi connectivity index (χ0) is 17.4. The fourth-order valence-electron chi connectivity index (χ4n) is 4.79. The maximum Gasteiger partial charge on any atom is 0.247 e. The number of piperidine rings is 1. The molecule has 3 fully saturated rings. The highest BCUT2D eigenvalue weighted by atomic mass is 19.1. The molecule has 0 bridgehead atoms. The molecule has 25 heavy (non-hydrogen) atoms. The van der Waals surface area contributed by atoms with Crippen LogP contribution in [0.5, 0.6) is 0 Å². The number of likely N-dealkylation sites (tertiary alicyclic amines) is 1. The third-order valence-electron chi connectivity index (χ3n) is 6.26. The van der Waals surface area contributed by atoms with Crippen molar-refractivity contribution < 1.29 is 14.3 Å². The lowest BCUT2D eigenvalue weighted by atomic mass is 9.83. The Bertz CT molecular complexity index is 628. The molecular formula is C19H26FN3O2. The van der Waals surface area contributed by atoms with Crippen molar-refractivity contribution in [1.29, 1.82) is 0 Å². The van der Waals surface area contributed by atoms with Crippen LogP contribution in [0.4, 0.5) is 10.1 Å². The lowest BCUT2D eigenvalue weighted by Gasteiger charge is -2.47. The van der Waals surface area contributed by atoms with Crippen LogP contribution in [0.25, 0.3) is 0 Å². The number of rotatable bonds is 2. The molecule has 1 amide bonds. The van der Waals surface area contributed by atoms with Crippen LogP contribution < -0.4 is 10.2 Å². The number of carbonyl (C=O) groups is 1. The van der Waals surface area contributed by atoms with Crippen molar-refractivity contribution in [3.05, 3.63) is 30.1 Å². The van der Waals surface area contributed by atoms with Crippen LogP contribution in [0.1, 0.15) is 38.5 Å². The molecule has 4 rings (SSSR count). The molecule has 136 valence electrons. The van der Waals surface area contributed by atoms with Gasteiger partial charge in [-0.25, -0.2) is 4.39 Å². The van der Waals surface area contributed by atoms with Gasteiger partial charge in [-0.05, 0) is 49.9 Å². The van der Waals surface area contributed by atoms with Gasteiger partial charge in [0.2, 0.25) is 5.91 Å². The van der Waals surface area contributed by atoms with Crippen LogP contribution in [-0.2, 0) is 4.79 Å². The lowest BCUT2D eigenvalue weighted by Crippen LogP contribution is -2.59. The van der Waals surface area contributed by atoms with Crippen molar-refractivity contribution in [2.45, 2.75) is 56.2 Å². The van der Waals surface area contributed by atoms with E-state index < -0.39 is 5.54 Å². The molecule has 2 heterocycles. The van der Waals surface area contributed by atoms with Crippen LogP contribution in [0.15, 0.2) is 24.3 Å². The highest BCUT2D eigenvalue weighted by molar-refractivity contribution is 5.93. The molecule has 5 nitrogen and oxygen atoms in total. The van der Waals surface area contributed by atoms with E-state index >= 15 is 0 Å². The summed E-state index contributed by atoms with van der Waals surface area (Å²) in [6.45, 7) is 2.09. The first-order chi connectivity index (χ1) is 12.1. The van der Waals surface area contributed by atoms with Gasteiger partial charge >= 0.3 is 0 Å². The molecule has 1 aromatic rings. The largest absolute Gasteiger partial charge is 0.391 e. The van der Waals surface area contributed by atoms with Gasteiger partial charge in [-0.1, -0.05) is 12.8 Å². The Balaban J connectivity index is 1.51. The fourth-order valence-corrected chi connectivity index (χ4v) is 4.79. The van der Waals surface area contributed by atoms with Crippen LogP contribution >= 0.6 is 0 Å². The Morgan fingerprint density at radius 2 is 1.80 bits per heavy atom. The number of hydrogen-bond acceptors (Lipinski definition) is 4. The normalized spacial score (nSPS) is 29.8. The number of nitrogens with one attached hydrogen (secondary N) is 1. The Labute approximate surface area is 147 Å². The summed E-state index contributed by atoms with van der Waals surface area (Å²) < 4.78 is 13.2. The van der Waals surface area contributed by atoms with E-state index in [1.165, 1.54) is 18.6 Å². The van der Waals surface area contributed by atoms with E-state index in [4.69, 9.17) is 0 Å². The predicted molar refractivity (Wildman–Crippen MR) is 93.7 cm³/mol. The van der Waals surface area contributed by atoms with E-state index in [1.54, 1.807) is 12.1 Å². The number of benzene rings is 1. The van der Waals surface area contributed by atoms with Gasteiger partial charge in [0.25, 0.3) is 0 Å². The number of amides is 1. The standard InChI is InChI=1S/C19H26FN3O2/c20-14-5-7-15(8-6-14)23-13-21-18(25)19(23)9-11-22(12-10-19)16-3-1-2-4-17(16)24/h5-8,16-17,24H,1-4,9-13H2,(H,21,25)/t16-,17-/m0/s1. The third kappa shape index (κ3) is 2.91. The van der Waals surface area contributed by atoms with Crippen molar-refractivity contribution in [1.82, 2.24) is 10.2 Å². The molecule has 2 aliphatic heterocycles.